The van der Waals surface area contributed by atoms with Crippen molar-refractivity contribution in [2.75, 3.05) is 22.9 Å². The van der Waals surface area contributed by atoms with Gasteiger partial charge in [-0.15, -0.1) is 11.8 Å². The zero-order valence-electron chi connectivity index (χ0n) is 11.7. The number of thioether (sulfide) groups is 1. The Morgan fingerprint density at radius 2 is 1.82 bits per heavy atom. The second kappa shape index (κ2) is 8.66. The molecule has 2 N–H and O–H groups in total. The molecule has 0 saturated carbocycles. The zero-order valence-corrected chi connectivity index (χ0v) is 14.6. The third-order valence-electron chi connectivity index (χ3n) is 2.77. The van der Waals surface area contributed by atoms with Crippen LogP contribution in [0, 0.1) is 14.9 Å². The second-order valence-corrected chi connectivity index (χ2v) is 6.50. The highest BCUT2D eigenvalue weighted by Crippen LogP contribution is 2.26. The van der Waals surface area contributed by atoms with Crippen LogP contribution in [-0.4, -0.2) is 18.2 Å². The maximum absolute atomic E-state index is 12.1. The molecule has 0 aliphatic rings. The van der Waals surface area contributed by atoms with Gasteiger partial charge in [-0.25, -0.2) is 0 Å². The number of nitriles is 1. The third kappa shape index (κ3) is 4.93. The average molecular weight is 423 g/mol. The van der Waals surface area contributed by atoms with Crippen molar-refractivity contribution in [1.29, 1.82) is 5.26 Å². The molecule has 112 valence electrons. The monoisotopic (exact) mass is 423 g/mol. The van der Waals surface area contributed by atoms with Crippen LogP contribution in [-0.2, 0) is 4.79 Å². The maximum atomic E-state index is 12.1. The van der Waals surface area contributed by atoms with E-state index < -0.39 is 0 Å². The van der Waals surface area contributed by atoms with Gasteiger partial charge in [-0.2, -0.15) is 5.26 Å². The molecule has 2 aromatic rings. The van der Waals surface area contributed by atoms with E-state index in [9.17, 15) is 4.79 Å². The molecule has 0 saturated heterocycles. The van der Waals surface area contributed by atoms with E-state index >= 15 is 0 Å². The molecule has 1 amide bonds. The van der Waals surface area contributed by atoms with Gasteiger partial charge in [-0.05, 0) is 46.9 Å². The number of carbonyl (C=O) groups excluding carboxylic acids is 1. The number of nitrogens with one attached hydrogen (secondary N) is 2. The molecular weight excluding hydrogens is 409 g/mol. The quantitative estimate of drug-likeness (QED) is 0.546. The van der Waals surface area contributed by atoms with E-state index in [-0.39, 0.29) is 12.5 Å². The van der Waals surface area contributed by atoms with Crippen molar-refractivity contribution in [3.63, 3.8) is 0 Å². The minimum absolute atomic E-state index is 0.121. The molecule has 0 spiro atoms. The highest BCUT2D eigenvalue weighted by molar-refractivity contribution is 14.1. The van der Waals surface area contributed by atoms with Gasteiger partial charge in [0.1, 0.15) is 0 Å². The summed E-state index contributed by atoms with van der Waals surface area (Å²) in [4.78, 5) is 13.0. The number of anilines is 2. The first-order valence-electron chi connectivity index (χ1n) is 6.57. The lowest BCUT2D eigenvalue weighted by atomic mass is 10.3. The van der Waals surface area contributed by atoms with Crippen LogP contribution in [0.4, 0.5) is 11.4 Å². The van der Waals surface area contributed by atoms with Gasteiger partial charge >= 0.3 is 0 Å². The Balaban J connectivity index is 1.95. The van der Waals surface area contributed by atoms with Gasteiger partial charge in [0.25, 0.3) is 0 Å². The second-order valence-electron chi connectivity index (χ2n) is 4.32. The number of rotatable bonds is 6. The van der Waals surface area contributed by atoms with E-state index in [4.69, 9.17) is 5.26 Å². The molecule has 22 heavy (non-hydrogen) atoms. The summed E-state index contributed by atoms with van der Waals surface area (Å²) in [6.07, 6.45) is 0. The number of para-hydroxylation sites is 2. The van der Waals surface area contributed by atoms with Crippen LogP contribution < -0.4 is 10.6 Å². The fraction of sp³-hybridized carbons (Fsp3) is 0.125. The standard InChI is InChI=1S/C16H14IN3OS/c17-12-5-1-2-6-13(12)19-11-16(21)20-14-7-3-4-8-15(14)22-10-9-18/h1-8,19H,10-11H2,(H,20,21). The minimum atomic E-state index is -0.121. The lowest BCUT2D eigenvalue weighted by Crippen LogP contribution is -2.22. The van der Waals surface area contributed by atoms with Crippen molar-refractivity contribution >= 4 is 51.6 Å². The number of benzene rings is 2. The van der Waals surface area contributed by atoms with E-state index in [1.54, 1.807) is 0 Å². The number of carbonyl (C=O) groups is 1. The van der Waals surface area contributed by atoms with E-state index in [0.29, 0.717) is 5.75 Å². The first-order chi connectivity index (χ1) is 10.7. The van der Waals surface area contributed by atoms with Gasteiger partial charge in [0, 0.05) is 14.2 Å². The fourth-order valence-electron chi connectivity index (χ4n) is 1.78. The van der Waals surface area contributed by atoms with Crippen LogP contribution in [0.2, 0.25) is 0 Å². The molecular formula is C16H14IN3OS. The van der Waals surface area contributed by atoms with Crippen molar-refractivity contribution in [1.82, 2.24) is 0 Å². The van der Waals surface area contributed by atoms with Crippen LogP contribution in [0.5, 0.6) is 0 Å². The molecule has 0 aliphatic heterocycles. The summed E-state index contributed by atoms with van der Waals surface area (Å²) in [6.45, 7) is 0.192. The highest BCUT2D eigenvalue weighted by Gasteiger charge is 2.07. The molecule has 0 aromatic heterocycles. The minimum Gasteiger partial charge on any atom is -0.375 e. The van der Waals surface area contributed by atoms with E-state index in [0.717, 1.165) is 19.8 Å². The van der Waals surface area contributed by atoms with Gasteiger partial charge in [0.2, 0.25) is 5.91 Å². The SMILES string of the molecule is N#CCSc1ccccc1NC(=O)CNc1ccccc1I. The lowest BCUT2D eigenvalue weighted by molar-refractivity contribution is -0.114. The van der Waals surface area contributed by atoms with Crippen molar-refractivity contribution < 1.29 is 4.79 Å². The Labute approximate surface area is 147 Å². The summed E-state index contributed by atoms with van der Waals surface area (Å²) in [5, 5.41) is 14.7. The average Bonchev–Trinajstić information content (AvgIpc) is 2.53. The van der Waals surface area contributed by atoms with E-state index in [1.807, 2.05) is 48.5 Å². The summed E-state index contributed by atoms with van der Waals surface area (Å²) >= 11 is 3.63. The molecule has 2 rings (SSSR count). The first-order valence-corrected chi connectivity index (χ1v) is 8.64. The van der Waals surface area contributed by atoms with Gasteiger partial charge in [0.15, 0.2) is 0 Å². The van der Waals surface area contributed by atoms with Crippen LogP contribution >= 0.6 is 34.4 Å². The summed E-state index contributed by atoms with van der Waals surface area (Å²) < 4.78 is 1.07. The van der Waals surface area contributed by atoms with Crippen LogP contribution in [0.15, 0.2) is 53.4 Å². The van der Waals surface area contributed by atoms with Gasteiger partial charge in [0.05, 0.1) is 24.1 Å². The molecule has 4 nitrogen and oxygen atoms in total. The molecule has 0 radical (unpaired) electrons. The molecule has 0 atom stereocenters. The van der Waals surface area contributed by atoms with Gasteiger partial charge in [-0.1, -0.05) is 24.3 Å². The normalized spacial score (nSPS) is 9.82. The Bertz CT molecular complexity index is 700. The summed E-state index contributed by atoms with van der Waals surface area (Å²) in [5.74, 6) is 0.234. The lowest BCUT2D eigenvalue weighted by Gasteiger charge is -2.11. The zero-order chi connectivity index (χ0) is 15.8. The summed E-state index contributed by atoms with van der Waals surface area (Å²) in [7, 11) is 0. The Kier molecular flexibility index (Phi) is 6.55. The molecule has 2 aromatic carbocycles. The summed E-state index contributed by atoms with van der Waals surface area (Å²) in [6, 6.07) is 17.4. The molecule has 0 heterocycles. The van der Waals surface area contributed by atoms with Crippen LogP contribution in [0.3, 0.4) is 0 Å². The number of hydrogen-bond donors (Lipinski definition) is 2. The molecule has 0 bridgehead atoms. The fourth-order valence-corrected chi connectivity index (χ4v) is 3.03. The smallest absolute Gasteiger partial charge is 0.243 e. The van der Waals surface area contributed by atoms with Crippen molar-refractivity contribution in [2.24, 2.45) is 0 Å². The Morgan fingerprint density at radius 3 is 2.55 bits per heavy atom. The third-order valence-corrected chi connectivity index (χ3v) is 4.65. The van der Waals surface area contributed by atoms with Crippen LogP contribution in [0.25, 0.3) is 0 Å². The van der Waals surface area contributed by atoms with Gasteiger partial charge < -0.3 is 10.6 Å². The number of amides is 1. The predicted molar refractivity (Wildman–Crippen MR) is 99.1 cm³/mol. The van der Waals surface area contributed by atoms with Crippen molar-refractivity contribution in [3.05, 3.63) is 52.1 Å². The van der Waals surface area contributed by atoms with E-state index in [2.05, 4.69) is 39.3 Å². The Hall–Kier alpha value is -1.72. The van der Waals surface area contributed by atoms with Crippen molar-refractivity contribution in [2.45, 2.75) is 4.90 Å². The Morgan fingerprint density at radius 1 is 1.14 bits per heavy atom. The number of hydrogen-bond acceptors (Lipinski definition) is 4. The molecule has 0 aliphatic carbocycles. The predicted octanol–water partition coefficient (Wildman–Crippen LogP) is 3.96. The first kappa shape index (κ1) is 16.6. The van der Waals surface area contributed by atoms with Crippen molar-refractivity contribution in [3.8, 4) is 6.07 Å². The maximum Gasteiger partial charge on any atom is 0.243 e. The summed E-state index contributed by atoms with van der Waals surface area (Å²) in [5.41, 5.74) is 1.67. The molecule has 0 unspecified atom stereocenters. The number of halogens is 1. The molecule has 6 heteroatoms. The van der Waals surface area contributed by atoms with Crippen LogP contribution in [0.1, 0.15) is 0 Å². The highest BCUT2D eigenvalue weighted by atomic mass is 127. The van der Waals surface area contributed by atoms with E-state index in [1.165, 1.54) is 11.8 Å². The van der Waals surface area contributed by atoms with Gasteiger partial charge in [-0.3, -0.25) is 4.79 Å². The number of nitrogens with zero attached hydrogens (tertiary/aromatic N) is 1. The molecule has 0 fully saturated rings. The largest absolute Gasteiger partial charge is 0.375 e. The topological polar surface area (TPSA) is 64.9 Å².